The van der Waals surface area contributed by atoms with Gasteiger partial charge in [-0.15, -0.1) is 5.10 Å². The zero-order valence-corrected chi connectivity index (χ0v) is 34.6. The van der Waals surface area contributed by atoms with Gasteiger partial charge in [0.2, 0.25) is 18.1 Å². The van der Waals surface area contributed by atoms with Gasteiger partial charge in [0, 0.05) is 43.9 Å². The van der Waals surface area contributed by atoms with Crippen molar-refractivity contribution in [1.82, 2.24) is 30.6 Å². The second-order valence-corrected chi connectivity index (χ2v) is 16.5. The number of aliphatic hydroxyl groups excluding tert-OH is 4. The smallest absolute Gasteiger partial charge is 0.315 e. The van der Waals surface area contributed by atoms with E-state index >= 15 is 0 Å². The number of ether oxygens (including phenoxy) is 2. The molecule has 1 spiro atoms. The summed E-state index contributed by atoms with van der Waals surface area (Å²) < 4.78 is 11.3. The molecule has 3 fully saturated rings. The maximum Gasteiger partial charge on any atom is 0.315 e. The first kappa shape index (κ1) is 45.2. The van der Waals surface area contributed by atoms with Crippen LogP contribution >= 0.6 is 0 Å². The van der Waals surface area contributed by atoms with E-state index in [-0.39, 0.29) is 30.3 Å². The van der Waals surface area contributed by atoms with Crippen molar-refractivity contribution < 1.29 is 39.5 Å². The Labute approximate surface area is 333 Å². The lowest BCUT2D eigenvalue weighted by Crippen LogP contribution is -2.60. The van der Waals surface area contributed by atoms with Crippen LogP contribution in [0.4, 0.5) is 4.79 Å². The van der Waals surface area contributed by atoms with Crippen LogP contribution in [0.25, 0.3) is 6.08 Å². The van der Waals surface area contributed by atoms with Gasteiger partial charge in [0.1, 0.15) is 24.4 Å². The molecule has 314 valence electrons. The summed E-state index contributed by atoms with van der Waals surface area (Å²) >= 11 is 0. The summed E-state index contributed by atoms with van der Waals surface area (Å²) in [7, 11) is 0. The Hall–Kier alpha value is -3.53. The molecule has 0 saturated carbocycles. The lowest BCUT2D eigenvalue weighted by atomic mass is 9.72. The van der Waals surface area contributed by atoms with Crippen molar-refractivity contribution in [3.05, 3.63) is 52.2 Å². The van der Waals surface area contributed by atoms with Gasteiger partial charge in [0.15, 0.2) is 0 Å². The monoisotopic (exact) mass is 785 g/mol. The summed E-state index contributed by atoms with van der Waals surface area (Å²) in [5.74, 6) is 0.848. The Bertz CT molecular complexity index is 1570. The Kier molecular flexibility index (Phi) is 17.2. The molecule has 0 bridgehead atoms. The quantitative estimate of drug-likeness (QED) is 0.158. The number of rotatable bonds is 13. The molecule has 14 nitrogen and oxygen atoms in total. The normalized spacial score (nSPS) is 24.0. The molecule has 56 heavy (non-hydrogen) atoms. The Morgan fingerprint density at radius 2 is 1.80 bits per heavy atom. The second kappa shape index (κ2) is 21.3. The van der Waals surface area contributed by atoms with Gasteiger partial charge in [0.25, 0.3) is 0 Å². The maximum atomic E-state index is 12.4. The highest BCUT2D eigenvalue weighted by Gasteiger charge is 2.45. The van der Waals surface area contributed by atoms with Crippen molar-refractivity contribution in [2.45, 2.75) is 124 Å². The first-order valence-corrected chi connectivity index (χ1v) is 20.5. The molecule has 3 aliphatic heterocycles. The van der Waals surface area contributed by atoms with Crippen LogP contribution in [0.5, 0.6) is 5.88 Å². The number of nitrogens with one attached hydrogen (secondary N) is 3. The zero-order chi connectivity index (χ0) is 41.0. The number of carbonyl (C=O) groups excluding carboxylic acids is 2. The van der Waals surface area contributed by atoms with Crippen molar-refractivity contribution in [1.29, 1.82) is 0 Å². The first-order valence-electron chi connectivity index (χ1n) is 20.5. The van der Waals surface area contributed by atoms with Crippen molar-refractivity contribution in [3.63, 3.8) is 0 Å². The third-order valence-electron chi connectivity index (χ3n) is 11.1. The van der Waals surface area contributed by atoms with E-state index in [1.165, 1.54) is 38.9 Å². The van der Waals surface area contributed by atoms with Gasteiger partial charge in [-0.05, 0) is 93.0 Å². The number of likely N-dealkylation sites (tertiary alicyclic amines) is 2. The number of benzene rings is 1. The first-order chi connectivity index (χ1) is 26.7. The summed E-state index contributed by atoms with van der Waals surface area (Å²) in [6.07, 6.45) is 3.80. The minimum atomic E-state index is -1.51. The third kappa shape index (κ3) is 12.2. The molecule has 2 aromatic rings. The molecular formula is C42H68N6O8. The van der Waals surface area contributed by atoms with Crippen LogP contribution in [0.3, 0.4) is 0 Å². The number of hydrogen-bond acceptors (Lipinski definition) is 10. The van der Waals surface area contributed by atoms with Gasteiger partial charge < -0.3 is 50.3 Å². The highest BCUT2D eigenvalue weighted by molar-refractivity contribution is 5.84. The molecule has 14 heteroatoms. The third-order valence-corrected chi connectivity index (χ3v) is 11.1. The molecule has 0 radical (unpaired) electrons. The minimum absolute atomic E-state index is 0.0378. The SMILES string of the molecule is C/C=C/c1ccc(Cc2c(O[C@@H]3O[C@H](CO)[C@@H](O)[C@H](O)[C@H]3O)n[nH]c2C(C)C)c(C)c1.CCCN1CCCC2(CCN(C(=O)CNC(=O)NCC(C)C)CC2)C1. The number of nitrogens with zero attached hydrogens (tertiary/aromatic N) is 3. The van der Waals surface area contributed by atoms with Gasteiger partial charge in [-0.1, -0.05) is 65.0 Å². The lowest BCUT2D eigenvalue weighted by Gasteiger charge is -2.47. The topological polar surface area (TPSA) is 193 Å². The average Bonchev–Trinajstić information content (AvgIpc) is 3.57. The summed E-state index contributed by atoms with van der Waals surface area (Å²) in [5, 5.41) is 52.5. The van der Waals surface area contributed by atoms with Crippen LogP contribution in [0.1, 0.15) is 108 Å². The van der Waals surface area contributed by atoms with Crippen LogP contribution in [-0.4, -0.2) is 135 Å². The highest BCUT2D eigenvalue weighted by atomic mass is 16.7. The fraction of sp³-hybridized carbons (Fsp3) is 0.690. The second-order valence-electron chi connectivity index (χ2n) is 16.5. The van der Waals surface area contributed by atoms with Gasteiger partial charge in [-0.2, -0.15) is 0 Å². The Morgan fingerprint density at radius 3 is 2.43 bits per heavy atom. The molecule has 1 aromatic heterocycles. The molecule has 0 unspecified atom stereocenters. The van der Waals surface area contributed by atoms with Gasteiger partial charge in [-0.25, -0.2) is 4.79 Å². The number of hydrogen-bond donors (Lipinski definition) is 7. The number of carbonyl (C=O) groups is 2. The summed E-state index contributed by atoms with van der Waals surface area (Å²) in [5.41, 5.74) is 5.50. The molecule has 4 heterocycles. The molecule has 3 saturated heterocycles. The summed E-state index contributed by atoms with van der Waals surface area (Å²) in [6.45, 7) is 19.9. The molecule has 7 N–H and O–H groups in total. The molecule has 5 rings (SSSR count). The van der Waals surface area contributed by atoms with E-state index in [9.17, 15) is 30.0 Å². The van der Waals surface area contributed by atoms with Crippen molar-refractivity contribution >= 4 is 18.0 Å². The number of aliphatic hydroxyl groups is 4. The van der Waals surface area contributed by atoms with Crippen molar-refractivity contribution in [2.75, 3.05) is 52.4 Å². The summed E-state index contributed by atoms with van der Waals surface area (Å²) in [6, 6.07) is 5.98. The number of allylic oxidation sites excluding steroid dienone is 1. The van der Waals surface area contributed by atoms with E-state index in [0.717, 1.165) is 53.9 Å². The Morgan fingerprint density at radius 1 is 1.07 bits per heavy atom. The molecular weight excluding hydrogens is 716 g/mol. The molecule has 3 aliphatic rings. The van der Waals surface area contributed by atoms with Crippen molar-refractivity contribution in [3.8, 4) is 5.88 Å². The van der Waals surface area contributed by atoms with E-state index in [0.29, 0.717) is 24.3 Å². The number of amides is 3. The lowest BCUT2D eigenvalue weighted by molar-refractivity contribution is -0.278. The standard InChI is InChI=1S/C23H32N2O6.C19H36N4O2/c1-5-6-14-7-8-15(13(4)9-14)10-16-18(12(2)3)24-25-22(16)31-23-21(29)20(28)19(27)17(11-26)30-23;1-4-9-22-10-5-6-19(15-22)7-11-23(12-8-19)17(24)14-21-18(25)20-13-16(2)3/h5-9,12,17,19-21,23,26-29H,10-11H2,1-4H3,(H,24,25);16H,4-15H2,1-3H3,(H2,20,21,25)/b6-5+;/t17-,19-,20+,21-,23+;/m1./s1. The predicted molar refractivity (Wildman–Crippen MR) is 216 cm³/mol. The molecule has 3 amide bonds. The predicted octanol–water partition coefficient (Wildman–Crippen LogP) is 3.70. The average molecular weight is 785 g/mol. The van der Waals surface area contributed by atoms with Gasteiger partial charge in [-0.3, -0.25) is 9.89 Å². The molecule has 1 aromatic carbocycles. The van der Waals surface area contributed by atoms with Crippen LogP contribution in [0.2, 0.25) is 0 Å². The Balaban J connectivity index is 0.000000255. The molecule has 5 atom stereocenters. The van der Waals surface area contributed by atoms with E-state index in [2.05, 4.69) is 57.8 Å². The van der Waals surface area contributed by atoms with Crippen LogP contribution in [-0.2, 0) is 16.0 Å². The maximum absolute atomic E-state index is 12.4. The van der Waals surface area contributed by atoms with E-state index in [1.54, 1.807) is 0 Å². The van der Waals surface area contributed by atoms with Crippen LogP contribution in [0, 0.1) is 18.3 Å². The van der Waals surface area contributed by atoms with E-state index in [1.807, 2.05) is 51.7 Å². The number of aromatic nitrogens is 2. The highest BCUT2D eigenvalue weighted by Crippen LogP contribution is 2.40. The van der Waals surface area contributed by atoms with E-state index in [4.69, 9.17) is 9.47 Å². The largest absolute Gasteiger partial charge is 0.443 e. The number of piperidine rings is 2. The fourth-order valence-electron chi connectivity index (χ4n) is 7.87. The molecule has 0 aliphatic carbocycles. The fourth-order valence-corrected chi connectivity index (χ4v) is 7.87. The van der Waals surface area contributed by atoms with Gasteiger partial charge in [0.05, 0.1) is 13.2 Å². The zero-order valence-electron chi connectivity index (χ0n) is 34.6. The summed E-state index contributed by atoms with van der Waals surface area (Å²) in [4.78, 5) is 28.5. The number of aromatic amines is 1. The van der Waals surface area contributed by atoms with Crippen molar-refractivity contribution in [2.24, 2.45) is 11.3 Å². The minimum Gasteiger partial charge on any atom is -0.443 e. The van der Waals surface area contributed by atoms with Crippen LogP contribution < -0.4 is 15.4 Å². The number of H-pyrrole nitrogens is 1. The number of urea groups is 1. The van der Waals surface area contributed by atoms with Gasteiger partial charge >= 0.3 is 6.03 Å². The van der Waals surface area contributed by atoms with E-state index < -0.39 is 37.3 Å². The van der Waals surface area contributed by atoms with Crippen LogP contribution in [0.15, 0.2) is 24.3 Å². The number of aryl methyl sites for hydroxylation is 1.